The second kappa shape index (κ2) is 9.96. The standard InChI is InChI=1S/C21H16Br2N4O/c22-18-8-4-15(5-9-18)13-24-26-20-3-1-2-17(12-20)21(28)27-25-14-16-6-10-19(23)11-7-16/h1-14,26H,(H,27,28). The third kappa shape index (κ3) is 6.14. The van der Waals surface area contributed by atoms with Crippen molar-refractivity contribution in [1.29, 1.82) is 0 Å². The highest BCUT2D eigenvalue weighted by Gasteiger charge is 2.04. The van der Waals surface area contributed by atoms with Crippen LogP contribution >= 0.6 is 31.9 Å². The molecule has 0 saturated heterocycles. The van der Waals surface area contributed by atoms with Crippen molar-refractivity contribution in [3.63, 3.8) is 0 Å². The van der Waals surface area contributed by atoms with Crippen LogP contribution in [0.25, 0.3) is 0 Å². The second-order valence-corrected chi connectivity index (χ2v) is 7.58. The van der Waals surface area contributed by atoms with E-state index in [9.17, 15) is 4.79 Å². The van der Waals surface area contributed by atoms with Crippen molar-refractivity contribution in [3.05, 3.63) is 98.4 Å². The highest BCUT2D eigenvalue weighted by Crippen LogP contribution is 2.12. The average molecular weight is 500 g/mol. The van der Waals surface area contributed by atoms with Crippen molar-refractivity contribution in [2.24, 2.45) is 10.2 Å². The summed E-state index contributed by atoms with van der Waals surface area (Å²) < 4.78 is 2.00. The quantitative estimate of drug-likeness (QED) is 0.351. The van der Waals surface area contributed by atoms with Crippen molar-refractivity contribution >= 4 is 55.9 Å². The molecule has 3 rings (SSSR count). The lowest BCUT2D eigenvalue weighted by Crippen LogP contribution is -2.17. The Morgan fingerprint density at radius 3 is 1.96 bits per heavy atom. The van der Waals surface area contributed by atoms with Crippen LogP contribution in [0.4, 0.5) is 5.69 Å². The van der Waals surface area contributed by atoms with Gasteiger partial charge >= 0.3 is 0 Å². The second-order valence-electron chi connectivity index (χ2n) is 5.75. The Hall–Kier alpha value is -2.77. The minimum atomic E-state index is -0.297. The molecule has 0 atom stereocenters. The molecule has 0 aliphatic carbocycles. The van der Waals surface area contributed by atoms with Gasteiger partial charge in [0, 0.05) is 14.5 Å². The lowest BCUT2D eigenvalue weighted by atomic mass is 10.2. The van der Waals surface area contributed by atoms with E-state index < -0.39 is 0 Å². The molecule has 28 heavy (non-hydrogen) atoms. The SMILES string of the molecule is O=C(NN=Cc1ccc(Br)cc1)c1cccc(NN=Cc2ccc(Br)cc2)c1. The van der Waals surface area contributed by atoms with E-state index in [0.29, 0.717) is 11.3 Å². The van der Waals surface area contributed by atoms with Gasteiger partial charge in [0.05, 0.1) is 18.1 Å². The summed E-state index contributed by atoms with van der Waals surface area (Å²) in [6.07, 6.45) is 3.30. The molecule has 2 N–H and O–H groups in total. The van der Waals surface area contributed by atoms with Gasteiger partial charge in [-0.25, -0.2) is 5.43 Å². The molecule has 0 aliphatic heterocycles. The number of carbonyl (C=O) groups excluding carboxylic acids is 1. The zero-order valence-corrected chi connectivity index (χ0v) is 17.8. The predicted octanol–water partition coefficient (Wildman–Crippen LogP) is 5.42. The topological polar surface area (TPSA) is 65.8 Å². The number of benzene rings is 3. The molecule has 0 spiro atoms. The van der Waals surface area contributed by atoms with Gasteiger partial charge < -0.3 is 0 Å². The van der Waals surface area contributed by atoms with E-state index in [4.69, 9.17) is 0 Å². The number of carbonyl (C=O) groups is 1. The van der Waals surface area contributed by atoms with E-state index in [1.807, 2.05) is 54.6 Å². The van der Waals surface area contributed by atoms with Crippen LogP contribution in [-0.2, 0) is 0 Å². The van der Waals surface area contributed by atoms with Gasteiger partial charge in [-0.3, -0.25) is 10.2 Å². The maximum atomic E-state index is 12.3. The van der Waals surface area contributed by atoms with E-state index >= 15 is 0 Å². The largest absolute Gasteiger partial charge is 0.278 e. The van der Waals surface area contributed by atoms with Crippen LogP contribution in [0, 0.1) is 0 Å². The number of hydrogen-bond acceptors (Lipinski definition) is 4. The number of rotatable bonds is 6. The molecule has 3 aromatic carbocycles. The molecule has 0 unspecified atom stereocenters. The van der Waals surface area contributed by atoms with Gasteiger partial charge in [-0.2, -0.15) is 10.2 Å². The Kier molecular flexibility index (Phi) is 7.11. The fourth-order valence-corrected chi connectivity index (χ4v) is 2.77. The Labute approximate surface area is 179 Å². The van der Waals surface area contributed by atoms with Crippen LogP contribution in [0.15, 0.2) is 91.9 Å². The molecule has 0 aliphatic rings. The van der Waals surface area contributed by atoms with Crippen LogP contribution in [0.5, 0.6) is 0 Å². The third-order valence-electron chi connectivity index (χ3n) is 3.65. The Morgan fingerprint density at radius 1 is 0.786 bits per heavy atom. The molecule has 140 valence electrons. The molecular weight excluding hydrogens is 484 g/mol. The maximum Gasteiger partial charge on any atom is 0.271 e. The van der Waals surface area contributed by atoms with Crippen molar-refractivity contribution in [3.8, 4) is 0 Å². The molecule has 0 heterocycles. The van der Waals surface area contributed by atoms with Gasteiger partial charge in [-0.05, 0) is 53.6 Å². The fraction of sp³-hybridized carbons (Fsp3) is 0. The summed E-state index contributed by atoms with van der Waals surface area (Å²) in [4.78, 5) is 12.3. The van der Waals surface area contributed by atoms with Gasteiger partial charge in [0.1, 0.15) is 0 Å². The minimum Gasteiger partial charge on any atom is -0.278 e. The highest BCUT2D eigenvalue weighted by molar-refractivity contribution is 9.10. The number of nitrogens with zero attached hydrogens (tertiary/aromatic N) is 2. The Bertz CT molecular complexity index is 1000. The van der Waals surface area contributed by atoms with E-state index in [1.165, 1.54) is 0 Å². The molecule has 0 fully saturated rings. The first-order valence-corrected chi connectivity index (χ1v) is 9.92. The molecule has 0 aromatic heterocycles. The van der Waals surface area contributed by atoms with E-state index in [1.54, 1.807) is 30.6 Å². The molecule has 1 amide bonds. The average Bonchev–Trinajstić information content (AvgIpc) is 2.71. The number of hydrazone groups is 2. The summed E-state index contributed by atoms with van der Waals surface area (Å²) in [6, 6.07) is 22.4. The number of amides is 1. The molecule has 7 heteroatoms. The predicted molar refractivity (Wildman–Crippen MR) is 121 cm³/mol. The molecular formula is C21H16Br2N4O. The van der Waals surface area contributed by atoms with Crippen LogP contribution < -0.4 is 10.9 Å². The van der Waals surface area contributed by atoms with Crippen LogP contribution in [0.1, 0.15) is 21.5 Å². The van der Waals surface area contributed by atoms with Gasteiger partial charge in [0.25, 0.3) is 5.91 Å². The smallest absolute Gasteiger partial charge is 0.271 e. The lowest BCUT2D eigenvalue weighted by Gasteiger charge is -2.04. The van der Waals surface area contributed by atoms with Gasteiger partial charge in [-0.15, -0.1) is 0 Å². The first-order valence-electron chi connectivity index (χ1n) is 8.34. The van der Waals surface area contributed by atoms with Gasteiger partial charge in [0.15, 0.2) is 0 Å². The van der Waals surface area contributed by atoms with Gasteiger partial charge in [-0.1, -0.05) is 62.2 Å². The van der Waals surface area contributed by atoms with Gasteiger partial charge in [0.2, 0.25) is 0 Å². The third-order valence-corrected chi connectivity index (χ3v) is 4.71. The summed E-state index contributed by atoms with van der Waals surface area (Å²) in [5.41, 5.74) is 8.49. The Morgan fingerprint density at radius 2 is 1.36 bits per heavy atom. The van der Waals surface area contributed by atoms with Crippen LogP contribution in [-0.4, -0.2) is 18.3 Å². The molecule has 0 bridgehead atoms. The molecule has 5 nitrogen and oxygen atoms in total. The Balaban J connectivity index is 1.58. The number of anilines is 1. The minimum absolute atomic E-state index is 0.297. The van der Waals surface area contributed by atoms with E-state index in [2.05, 4.69) is 52.9 Å². The lowest BCUT2D eigenvalue weighted by molar-refractivity contribution is 0.0955. The number of nitrogens with one attached hydrogen (secondary N) is 2. The van der Waals surface area contributed by atoms with Crippen molar-refractivity contribution in [1.82, 2.24) is 5.43 Å². The maximum absolute atomic E-state index is 12.3. The number of hydrogen-bond donors (Lipinski definition) is 2. The van der Waals surface area contributed by atoms with Crippen molar-refractivity contribution < 1.29 is 4.79 Å². The molecule has 0 radical (unpaired) electrons. The summed E-state index contributed by atoms with van der Waals surface area (Å²) in [7, 11) is 0. The monoisotopic (exact) mass is 498 g/mol. The van der Waals surface area contributed by atoms with Crippen LogP contribution in [0.3, 0.4) is 0 Å². The van der Waals surface area contributed by atoms with Crippen molar-refractivity contribution in [2.45, 2.75) is 0 Å². The van der Waals surface area contributed by atoms with E-state index in [-0.39, 0.29) is 5.91 Å². The van der Waals surface area contributed by atoms with Crippen molar-refractivity contribution in [2.75, 3.05) is 5.43 Å². The first kappa shape index (κ1) is 20.0. The molecule has 3 aromatic rings. The molecule has 0 saturated carbocycles. The fourth-order valence-electron chi connectivity index (χ4n) is 2.24. The summed E-state index contributed by atoms with van der Waals surface area (Å²) in [5, 5.41) is 8.19. The zero-order valence-electron chi connectivity index (χ0n) is 14.6. The summed E-state index contributed by atoms with van der Waals surface area (Å²) in [5.74, 6) is -0.297. The first-order chi connectivity index (χ1) is 13.6. The van der Waals surface area contributed by atoms with E-state index in [0.717, 1.165) is 20.1 Å². The summed E-state index contributed by atoms with van der Waals surface area (Å²) in [6.45, 7) is 0. The zero-order chi connectivity index (χ0) is 19.8. The van der Waals surface area contributed by atoms with Crippen LogP contribution in [0.2, 0.25) is 0 Å². The number of halogens is 2. The summed E-state index contributed by atoms with van der Waals surface area (Å²) >= 11 is 6.77. The normalized spacial score (nSPS) is 11.1. The highest BCUT2D eigenvalue weighted by atomic mass is 79.9.